The van der Waals surface area contributed by atoms with Crippen molar-refractivity contribution in [2.75, 3.05) is 14.2 Å². The molecular weight excluding hydrogens is 274 g/mol. The zero-order valence-electron chi connectivity index (χ0n) is 10.2. The van der Waals surface area contributed by atoms with Crippen LogP contribution in [0.15, 0.2) is 18.2 Å². The topological polar surface area (TPSA) is 72.9 Å². The number of halogens is 1. The van der Waals surface area contributed by atoms with Gasteiger partial charge < -0.3 is 4.74 Å². The molecule has 1 atom stereocenters. The van der Waals surface area contributed by atoms with Crippen molar-refractivity contribution in [1.29, 1.82) is 0 Å². The quantitative estimate of drug-likeness (QED) is 0.462. The van der Waals surface area contributed by atoms with Crippen molar-refractivity contribution in [3.63, 3.8) is 0 Å². The first-order valence-electron chi connectivity index (χ1n) is 5.31. The monoisotopic (exact) mass is 283 g/mol. The van der Waals surface area contributed by atoms with E-state index in [1.54, 1.807) is 0 Å². The lowest BCUT2D eigenvalue weighted by atomic mass is 9.89. The first kappa shape index (κ1) is 13.5. The van der Waals surface area contributed by atoms with E-state index in [2.05, 4.69) is 4.74 Å². The van der Waals surface area contributed by atoms with Gasteiger partial charge in [0, 0.05) is 10.6 Å². The molecule has 0 bridgehead atoms. The summed E-state index contributed by atoms with van der Waals surface area (Å²) in [4.78, 5) is 40.5. The van der Waals surface area contributed by atoms with Gasteiger partial charge in [0.15, 0.2) is 5.92 Å². The summed E-state index contributed by atoms with van der Waals surface area (Å²) in [6.07, 6.45) is 0. The highest BCUT2D eigenvalue weighted by Crippen LogP contribution is 2.32. The summed E-state index contributed by atoms with van der Waals surface area (Å²) in [5.74, 6) is -3.46. The van der Waals surface area contributed by atoms with Crippen molar-refractivity contribution < 1.29 is 24.0 Å². The number of carbonyl (C=O) groups excluding carboxylic acids is 3. The van der Waals surface area contributed by atoms with Crippen LogP contribution in [-0.2, 0) is 19.2 Å². The molecule has 2 amide bonds. The first-order valence-corrected chi connectivity index (χ1v) is 5.68. The Morgan fingerprint density at radius 1 is 1.32 bits per heavy atom. The summed E-state index contributed by atoms with van der Waals surface area (Å²) in [6.45, 7) is 0. The van der Waals surface area contributed by atoms with E-state index in [-0.39, 0.29) is 11.1 Å². The average Bonchev–Trinajstić information content (AvgIpc) is 2.38. The molecular formula is C12H10ClNO5. The highest BCUT2D eigenvalue weighted by Gasteiger charge is 2.44. The van der Waals surface area contributed by atoms with Crippen molar-refractivity contribution in [1.82, 2.24) is 5.06 Å². The predicted octanol–water partition coefficient (Wildman–Crippen LogP) is 1.14. The molecule has 0 saturated heterocycles. The molecule has 0 N–H and O–H groups in total. The Bertz CT molecular complexity index is 571. The summed E-state index contributed by atoms with van der Waals surface area (Å²) in [6, 6.07) is 4.34. The van der Waals surface area contributed by atoms with E-state index in [9.17, 15) is 14.4 Å². The summed E-state index contributed by atoms with van der Waals surface area (Å²) in [7, 11) is 2.33. The number of rotatable bonds is 2. The van der Waals surface area contributed by atoms with Crippen LogP contribution < -0.4 is 0 Å². The second kappa shape index (κ2) is 4.99. The van der Waals surface area contributed by atoms with E-state index in [1.165, 1.54) is 25.3 Å². The Morgan fingerprint density at radius 3 is 2.58 bits per heavy atom. The zero-order valence-corrected chi connectivity index (χ0v) is 10.9. The molecule has 1 aliphatic heterocycles. The Labute approximate surface area is 113 Å². The molecule has 1 heterocycles. The van der Waals surface area contributed by atoms with Crippen LogP contribution in [0.3, 0.4) is 0 Å². The Balaban J connectivity index is 2.64. The van der Waals surface area contributed by atoms with Gasteiger partial charge in [0.1, 0.15) is 0 Å². The van der Waals surface area contributed by atoms with Gasteiger partial charge >= 0.3 is 5.97 Å². The number of fused-ring (bicyclic) bond motifs is 1. The molecule has 1 aromatic rings. The maximum atomic E-state index is 12.1. The van der Waals surface area contributed by atoms with Crippen LogP contribution in [0.25, 0.3) is 0 Å². The molecule has 0 spiro atoms. The number of hydrogen-bond acceptors (Lipinski definition) is 5. The molecule has 2 rings (SSSR count). The molecule has 100 valence electrons. The number of hydroxylamine groups is 2. The minimum atomic E-state index is -1.25. The Morgan fingerprint density at radius 2 is 2.00 bits per heavy atom. The fourth-order valence-electron chi connectivity index (χ4n) is 1.95. The third-order valence-electron chi connectivity index (χ3n) is 2.81. The minimum Gasteiger partial charge on any atom is -0.468 e. The lowest BCUT2D eigenvalue weighted by molar-refractivity contribution is -0.169. The third kappa shape index (κ3) is 2.09. The van der Waals surface area contributed by atoms with Gasteiger partial charge in [-0.15, -0.1) is 5.06 Å². The van der Waals surface area contributed by atoms with E-state index >= 15 is 0 Å². The molecule has 1 aromatic carbocycles. The second-order valence-corrected chi connectivity index (χ2v) is 4.24. The Hall–Kier alpha value is -1.92. The number of hydrogen-bond donors (Lipinski definition) is 0. The van der Waals surface area contributed by atoms with Gasteiger partial charge in [-0.05, 0) is 23.8 Å². The van der Waals surface area contributed by atoms with Crippen molar-refractivity contribution in [3.05, 3.63) is 34.3 Å². The molecule has 7 heteroatoms. The maximum absolute atomic E-state index is 12.1. The SMILES string of the molecule is COC(=O)C1C(=O)N(OC)C(=O)c2ccc(Cl)cc21. The lowest BCUT2D eigenvalue weighted by Crippen LogP contribution is -2.46. The maximum Gasteiger partial charge on any atom is 0.322 e. The average molecular weight is 284 g/mol. The highest BCUT2D eigenvalue weighted by atomic mass is 35.5. The first-order chi connectivity index (χ1) is 9.01. The van der Waals surface area contributed by atoms with Crippen LogP contribution in [0.5, 0.6) is 0 Å². The van der Waals surface area contributed by atoms with Gasteiger partial charge in [-0.1, -0.05) is 11.6 Å². The van der Waals surface area contributed by atoms with Gasteiger partial charge in [-0.25, -0.2) is 0 Å². The molecule has 0 radical (unpaired) electrons. The van der Waals surface area contributed by atoms with Gasteiger partial charge in [0.25, 0.3) is 11.8 Å². The second-order valence-electron chi connectivity index (χ2n) is 3.81. The summed E-state index contributed by atoms with van der Waals surface area (Å²) in [5, 5.41) is 0.858. The van der Waals surface area contributed by atoms with E-state index in [0.29, 0.717) is 10.1 Å². The van der Waals surface area contributed by atoms with Gasteiger partial charge in [-0.3, -0.25) is 19.2 Å². The van der Waals surface area contributed by atoms with Gasteiger partial charge in [0.2, 0.25) is 0 Å². The number of esters is 1. The fraction of sp³-hybridized carbons (Fsp3) is 0.250. The molecule has 0 fully saturated rings. The van der Waals surface area contributed by atoms with E-state index < -0.39 is 23.7 Å². The summed E-state index contributed by atoms with van der Waals surface area (Å²) < 4.78 is 4.59. The highest BCUT2D eigenvalue weighted by molar-refractivity contribution is 6.31. The van der Waals surface area contributed by atoms with E-state index in [4.69, 9.17) is 16.4 Å². The Kier molecular flexibility index (Phi) is 3.55. The van der Waals surface area contributed by atoms with Crippen LogP contribution in [0.4, 0.5) is 0 Å². The lowest BCUT2D eigenvalue weighted by Gasteiger charge is -2.29. The van der Waals surface area contributed by atoms with E-state index in [1.807, 2.05) is 0 Å². The molecule has 19 heavy (non-hydrogen) atoms. The van der Waals surface area contributed by atoms with Crippen molar-refractivity contribution in [3.8, 4) is 0 Å². The van der Waals surface area contributed by atoms with Crippen LogP contribution in [-0.4, -0.2) is 37.1 Å². The fourth-order valence-corrected chi connectivity index (χ4v) is 2.13. The predicted molar refractivity (Wildman–Crippen MR) is 64.4 cm³/mol. The van der Waals surface area contributed by atoms with Crippen LogP contribution >= 0.6 is 11.6 Å². The van der Waals surface area contributed by atoms with Crippen LogP contribution in [0.2, 0.25) is 5.02 Å². The van der Waals surface area contributed by atoms with E-state index in [0.717, 1.165) is 7.11 Å². The van der Waals surface area contributed by atoms with Gasteiger partial charge in [-0.2, -0.15) is 0 Å². The summed E-state index contributed by atoms with van der Waals surface area (Å²) >= 11 is 5.84. The van der Waals surface area contributed by atoms with Gasteiger partial charge in [0.05, 0.1) is 14.2 Å². The van der Waals surface area contributed by atoms with Crippen molar-refractivity contribution >= 4 is 29.4 Å². The number of imide groups is 1. The molecule has 1 unspecified atom stereocenters. The number of benzene rings is 1. The molecule has 0 aromatic heterocycles. The normalized spacial score (nSPS) is 18.3. The molecule has 0 saturated carbocycles. The number of nitrogens with zero attached hydrogens (tertiary/aromatic N) is 1. The number of methoxy groups -OCH3 is 1. The van der Waals surface area contributed by atoms with Crippen LogP contribution in [0.1, 0.15) is 21.8 Å². The summed E-state index contributed by atoms with van der Waals surface area (Å²) in [5.41, 5.74) is 0.406. The molecule has 6 nitrogen and oxygen atoms in total. The minimum absolute atomic E-state index is 0.182. The molecule has 1 aliphatic rings. The number of carbonyl (C=O) groups is 3. The standard InChI is InChI=1S/C12H10ClNO5/c1-18-12(17)9-8-5-6(13)3-4-7(8)10(15)14(19-2)11(9)16/h3-5,9H,1-2H3. The number of amides is 2. The third-order valence-corrected chi connectivity index (χ3v) is 3.04. The largest absolute Gasteiger partial charge is 0.468 e. The number of ether oxygens (including phenoxy) is 1. The zero-order chi connectivity index (χ0) is 14.2. The smallest absolute Gasteiger partial charge is 0.322 e. The molecule has 0 aliphatic carbocycles. The van der Waals surface area contributed by atoms with Crippen molar-refractivity contribution in [2.45, 2.75) is 5.92 Å². The van der Waals surface area contributed by atoms with Crippen molar-refractivity contribution in [2.24, 2.45) is 0 Å². The van der Waals surface area contributed by atoms with Crippen LogP contribution in [0, 0.1) is 0 Å².